The molecule has 0 unspecified atom stereocenters. The fourth-order valence-corrected chi connectivity index (χ4v) is 6.21. The number of rotatable bonds is 6. The Kier molecular flexibility index (Phi) is 8.00. The molecule has 4 aromatic rings. The number of anilines is 1. The van der Waals surface area contributed by atoms with Gasteiger partial charge in [0.25, 0.3) is 0 Å². The van der Waals surface area contributed by atoms with E-state index in [0.717, 1.165) is 39.2 Å². The van der Waals surface area contributed by atoms with E-state index in [1.165, 1.54) is 23.9 Å². The number of hydrogen-bond acceptors (Lipinski definition) is 5. The average Bonchev–Trinajstić information content (AvgIpc) is 3.28. The van der Waals surface area contributed by atoms with Crippen LogP contribution in [0.25, 0.3) is 5.69 Å². The van der Waals surface area contributed by atoms with Crippen LogP contribution in [-0.4, -0.2) is 38.9 Å². The molecule has 0 saturated heterocycles. The van der Waals surface area contributed by atoms with Crippen LogP contribution in [0, 0.1) is 19.7 Å². The highest BCUT2D eigenvalue weighted by atomic mass is 32.2. The van der Waals surface area contributed by atoms with Gasteiger partial charge >= 0.3 is 0 Å². The number of carbonyl (C=O) groups excluding carboxylic acids is 2. The zero-order valence-electron chi connectivity index (χ0n) is 23.9. The summed E-state index contributed by atoms with van der Waals surface area (Å²) in [6.45, 7) is 10.5. The first-order chi connectivity index (χ1) is 19.5. The lowest BCUT2D eigenvalue weighted by Crippen LogP contribution is -2.42. The van der Waals surface area contributed by atoms with Gasteiger partial charge in [0.1, 0.15) is 18.2 Å². The van der Waals surface area contributed by atoms with Crippen molar-refractivity contribution in [3.05, 3.63) is 106 Å². The summed E-state index contributed by atoms with van der Waals surface area (Å²) >= 11 is 1.48. The number of aryl methyl sites for hydroxylation is 1. The maximum absolute atomic E-state index is 13.9. The molecule has 0 aliphatic carbocycles. The number of carbonyl (C=O) groups is 2. The van der Waals surface area contributed by atoms with Crippen LogP contribution in [0.1, 0.15) is 59.5 Å². The van der Waals surface area contributed by atoms with E-state index in [0.29, 0.717) is 12.4 Å². The molecule has 1 aliphatic rings. The van der Waals surface area contributed by atoms with E-state index in [-0.39, 0.29) is 40.6 Å². The van der Waals surface area contributed by atoms with Crippen molar-refractivity contribution in [3.8, 4) is 5.69 Å². The third-order valence-electron chi connectivity index (χ3n) is 7.32. The number of thioether (sulfide) groups is 1. The molecule has 212 valence electrons. The molecule has 0 saturated carbocycles. The largest absolute Gasteiger partial charge is 0.350 e. The fourth-order valence-electron chi connectivity index (χ4n) is 5.01. The second-order valence-electron chi connectivity index (χ2n) is 11.3. The van der Waals surface area contributed by atoms with Gasteiger partial charge in [0.05, 0.1) is 22.4 Å². The lowest BCUT2D eigenvalue weighted by atomic mass is 9.87. The Labute approximate surface area is 244 Å². The van der Waals surface area contributed by atoms with Gasteiger partial charge in [0.15, 0.2) is 0 Å². The quantitative estimate of drug-likeness (QED) is 0.316. The van der Waals surface area contributed by atoms with Crippen molar-refractivity contribution < 1.29 is 14.0 Å². The van der Waals surface area contributed by atoms with Crippen LogP contribution in [0.2, 0.25) is 0 Å². The summed E-state index contributed by atoms with van der Waals surface area (Å²) < 4.78 is 15.8. The van der Waals surface area contributed by atoms with Crippen LogP contribution >= 0.6 is 11.8 Å². The van der Waals surface area contributed by atoms with Crippen molar-refractivity contribution in [2.24, 2.45) is 0 Å². The van der Waals surface area contributed by atoms with Crippen LogP contribution in [0.3, 0.4) is 0 Å². The van der Waals surface area contributed by atoms with Gasteiger partial charge in [-0.3, -0.25) is 19.5 Å². The van der Waals surface area contributed by atoms with Crippen LogP contribution in [-0.2, 0) is 21.5 Å². The minimum atomic E-state index is -0.380. The molecular formula is C32H34FN5O2S. The lowest BCUT2D eigenvalue weighted by molar-refractivity contribution is -0.123. The first-order valence-electron chi connectivity index (χ1n) is 13.6. The summed E-state index contributed by atoms with van der Waals surface area (Å²) in [5.74, 6) is -0.0559. The lowest BCUT2D eigenvalue weighted by Gasteiger charge is -2.25. The minimum Gasteiger partial charge on any atom is -0.350 e. The molecular weight excluding hydrogens is 537 g/mol. The fraction of sp³-hybridized carbons (Fsp3) is 0.312. The molecule has 0 fully saturated rings. The highest BCUT2D eigenvalue weighted by molar-refractivity contribution is 8.00. The molecule has 7 nitrogen and oxygen atoms in total. The molecule has 3 heterocycles. The van der Waals surface area contributed by atoms with Gasteiger partial charge in [0.2, 0.25) is 11.8 Å². The Bertz CT molecular complexity index is 1580. The van der Waals surface area contributed by atoms with Crippen molar-refractivity contribution >= 4 is 29.4 Å². The average molecular weight is 572 g/mol. The van der Waals surface area contributed by atoms with Gasteiger partial charge in [-0.05, 0) is 66.4 Å². The number of pyridine rings is 1. The van der Waals surface area contributed by atoms with Gasteiger partial charge in [-0.15, -0.1) is 11.8 Å². The normalized spacial score (nSPS) is 15.4. The molecule has 1 N–H and O–H groups in total. The number of fused-ring (bicyclic) bond motifs is 1. The second kappa shape index (κ2) is 11.5. The van der Waals surface area contributed by atoms with Crippen molar-refractivity contribution in [2.75, 3.05) is 17.2 Å². The third kappa shape index (κ3) is 5.91. The Morgan fingerprint density at radius 1 is 1.07 bits per heavy atom. The summed E-state index contributed by atoms with van der Waals surface area (Å²) in [6.07, 6.45) is 3.35. The van der Waals surface area contributed by atoms with Crippen LogP contribution in [0.15, 0.2) is 67.0 Å². The van der Waals surface area contributed by atoms with E-state index in [1.807, 2.05) is 48.9 Å². The molecule has 0 spiro atoms. The van der Waals surface area contributed by atoms with Crippen LogP contribution in [0.4, 0.5) is 10.2 Å². The first-order valence-corrected chi connectivity index (χ1v) is 14.6. The Morgan fingerprint density at radius 2 is 1.78 bits per heavy atom. The van der Waals surface area contributed by atoms with E-state index in [1.54, 1.807) is 29.4 Å². The maximum Gasteiger partial charge on any atom is 0.240 e. The molecule has 2 aromatic heterocycles. The molecule has 0 radical (unpaired) electrons. The standard InChI is InChI=1S/C32H34FN5O2S/c1-20-7-6-8-25(21(20)2)38-31-28(30(36-38)32(3,4)5)29(23-9-11-24(33)12-10-23)41-19-27(40)37(31)18-26(39)35-17-22-13-15-34-16-14-22/h6-16,29H,17-19H2,1-5H3,(H,35,39)/t29-/m0/s1. The Morgan fingerprint density at radius 3 is 2.46 bits per heavy atom. The minimum absolute atomic E-state index is 0.157. The van der Waals surface area contributed by atoms with E-state index in [9.17, 15) is 14.0 Å². The maximum atomic E-state index is 13.9. The number of amides is 2. The number of halogens is 1. The number of nitrogens with one attached hydrogen (secondary N) is 1. The van der Waals surface area contributed by atoms with Gasteiger partial charge < -0.3 is 5.32 Å². The number of benzene rings is 2. The van der Waals surface area contributed by atoms with Gasteiger partial charge in [-0.2, -0.15) is 5.10 Å². The zero-order valence-corrected chi connectivity index (χ0v) is 24.8. The molecule has 0 bridgehead atoms. The van der Waals surface area contributed by atoms with Crippen LogP contribution < -0.4 is 10.2 Å². The molecule has 1 atom stereocenters. The van der Waals surface area contributed by atoms with Crippen molar-refractivity contribution in [1.29, 1.82) is 0 Å². The molecule has 5 rings (SSSR count). The second-order valence-corrected chi connectivity index (χ2v) is 12.4. The van der Waals surface area contributed by atoms with Crippen LogP contribution in [0.5, 0.6) is 0 Å². The van der Waals surface area contributed by atoms with Crippen molar-refractivity contribution in [1.82, 2.24) is 20.1 Å². The van der Waals surface area contributed by atoms with E-state index in [2.05, 4.69) is 31.1 Å². The summed E-state index contributed by atoms with van der Waals surface area (Å²) in [4.78, 5) is 32.7. The number of hydrogen-bond donors (Lipinski definition) is 1. The third-order valence-corrected chi connectivity index (χ3v) is 8.57. The monoisotopic (exact) mass is 571 g/mol. The number of nitrogens with zero attached hydrogens (tertiary/aromatic N) is 4. The van der Waals surface area contributed by atoms with Crippen molar-refractivity contribution in [2.45, 2.75) is 51.8 Å². The predicted octanol–water partition coefficient (Wildman–Crippen LogP) is 5.81. The van der Waals surface area contributed by atoms with E-state index < -0.39 is 0 Å². The smallest absolute Gasteiger partial charge is 0.240 e. The predicted molar refractivity (Wildman–Crippen MR) is 161 cm³/mol. The van der Waals surface area contributed by atoms with E-state index in [4.69, 9.17) is 5.10 Å². The molecule has 2 aromatic carbocycles. The summed E-state index contributed by atoms with van der Waals surface area (Å²) in [5.41, 5.74) is 6.07. The van der Waals surface area contributed by atoms with Crippen molar-refractivity contribution in [3.63, 3.8) is 0 Å². The van der Waals surface area contributed by atoms with Gasteiger partial charge in [-0.25, -0.2) is 9.07 Å². The highest BCUT2D eigenvalue weighted by Gasteiger charge is 2.40. The van der Waals surface area contributed by atoms with Gasteiger partial charge in [0, 0.05) is 29.9 Å². The molecule has 41 heavy (non-hydrogen) atoms. The molecule has 9 heteroatoms. The zero-order chi connectivity index (χ0) is 29.3. The molecule has 1 aliphatic heterocycles. The SMILES string of the molecule is Cc1cccc(-n2nc(C(C)(C)C)c3c2N(CC(=O)NCc2ccncc2)C(=O)CS[C@H]3c2ccc(F)cc2)c1C. The Hall–Kier alpha value is -3.98. The summed E-state index contributed by atoms with van der Waals surface area (Å²) in [7, 11) is 0. The highest BCUT2D eigenvalue weighted by Crippen LogP contribution is 2.48. The first kappa shape index (κ1) is 28.5. The number of aromatic nitrogens is 3. The Balaban J connectivity index is 1.68. The summed E-state index contributed by atoms with van der Waals surface area (Å²) in [5, 5.41) is 7.81. The van der Waals surface area contributed by atoms with Gasteiger partial charge in [-0.1, -0.05) is 45.0 Å². The summed E-state index contributed by atoms with van der Waals surface area (Å²) in [6, 6.07) is 16.1. The topological polar surface area (TPSA) is 80.1 Å². The van der Waals surface area contributed by atoms with E-state index >= 15 is 0 Å². The molecule has 2 amide bonds.